The molecule has 0 fully saturated rings. The smallest absolute Gasteiger partial charge is 0.236 e. The molecule has 0 saturated carbocycles. The minimum Gasteiger partial charge on any atom is -0.368 e. The summed E-state index contributed by atoms with van der Waals surface area (Å²) in [5, 5.41) is 0. The number of carbonyl (C=O) groups is 1. The van der Waals surface area contributed by atoms with E-state index in [4.69, 9.17) is 11.5 Å². The molecule has 0 bridgehead atoms. The predicted octanol–water partition coefficient (Wildman–Crippen LogP) is -0.181. The molecule has 0 aliphatic rings. The molecule has 5 heteroatoms. The first-order valence-corrected chi connectivity index (χ1v) is 4.58. The molecule has 0 aromatic carbocycles. The molecule has 5 nitrogen and oxygen atoms in total. The van der Waals surface area contributed by atoms with Crippen LogP contribution in [0.4, 0.5) is 0 Å². The standard InChI is InChI=1S/C9H16N4O/c1-6(2)9-12-3-4-13(9)5-7(10)8(11)14/h3-4,6-7H,5,10H2,1-2H3,(H2,11,14). The van der Waals surface area contributed by atoms with Crippen molar-refractivity contribution < 1.29 is 4.79 Å². The van der Waals surface area contributed by atoms with E-state index in [-0.39, 0.29) is 0 Å². The minimum atomic E-state index is -0.651. The second-order valence-corrected chi connectivity index (χ2v) is 3.60. The lowest BCUT2D eigenvalue weighted by atomic mass is 10.2. The number of imidazole rings is 1. The number of hydrogen-bond donors (Lipinski definition) is 2. The minimum absolute atomic E-state index is 0.310. The van der Waals surface area contributed by atoms with Crippen LogP contribution in [0.3, 0.4) is 0 Å². The number of primary amides is 1. The molecule has 1 amide bonds. The van der Waals surface area contributed by atoms with Gasteiger partial charge in [-0.05, 0) is 0 Å². The molecule has 0 radical (unpaired) electrons. The summed E-state index contributed by atoms with van der Waals surface area (Å²) in [6.45, 7) is 4.46. The van der Waals surface area contributed by atoms with Crippen molar-refractivity contribution in [1.82, 2.24) is 9.55 Å². The predicted molar refractivity (Wildman–Crippen MR) is 53.5 cm³/mol. The van der Waals surface area contributed by atoms with Crippen LogP contribution in [0.25, 0.3) is 0 Å². The molecule has 0 saturated heterocycles. The van der Waals surface area contributed by atoms with Crippen LogP contribution >= 0.6 is 0 Å². The van der Waals surface area contributed by atoms with E-state index in [9.17, 15) is 4.79 Å². The van der Waals surface area contributed by atoms with Crippen molar-refractivity contribution in [2.45, 2.75) is 32.4 Å². The van der Waals surface area contributed by atoms with Gasteiger partial charge in [0.05, 0.1) is 0 Å². The number of aromatic nitrogens is 2. The Kier molecular flexibility index (Phi) is 3.24. The molecule has 0 aliphatic heterocycles. The molecule has 0 spiro atoms. The Bertz CT molecular complexity index is 318. The van der Waals surface area contributed by atoms with Gasteiger partial charge in [-0.15, -0.1) is 0 Å². The summed E-state index contributed by atoms with van der Waals surface area (Å²) in [5.41, 5.74) is 10.6. The fraction of sp³-hybridized carbons (Fsp3) is 0.556. The van der Waals surface area contributed by atoms with Gasteiger partial charge in [0.2, 0.25) is 5.91 Å². The van der Waals surface area contributed by atoms with Gasteiger partial charge in [0, 0.05) is 24.9 Å². The summed E-state index contributed by atoms with van der Waals surface area (Å²) < 4.78 is 1.86. The Labute approximate surface area is 83.1 Å². The lowest BCUT2D eigenvalue weighted by molar-refractivity contribution is -0.119. The molecule has 1 aromatic rings. The topological polar surface area (TPSA) is 86.9 Å². The number of nitrogens with zero attached hydrogens (tertiary/aromatic N) is 2. The van der Waals surface area contributed by atoms with Crippen molar-refractivity contribution >= 4 is 5.91 Å². The first kappa shape index (κ1) is 10.7. The Hall–Kier alpha value is -1.36. The zero-order valence-corrected chi connectivity index (χ0v) is 8.47. The van der Waals surface area contributed by atoms with E-state index in [0.717, 1.165) is 5.82 Å². The van der Waals surface area contributed by atoms with E-state index in [1.165, 1.54) is 0 Å². The van der Waals surface area contributed by atoms with Crippen LogP contribution in [0, 0.1) is 0 Å². The van der Waals surface area contributed by atoms with Gasteiger partial charge in [-0.3, -0.25) is 4.79 Å². The van der Waals surface area contributed by atoms with Crippen molar-refractivity contribution in [3.05, 3.63) is 18.2 Å². The molecule has 1 atom stereocenters. The monoisotopic (exact) mass is 196 g/mol. The first-order valence-electron chi connectivity index (χ1n) is 4.58. The molecule has 1 rings (SSSR count). The number of carbonyl (C=O) groups excluding carboxylic acids is 1. The lowest BCUT2D eigenvalue weighted by Gasteiger charge is -2.13. The summed E-state index contributed by atoms with van der Waals surface area (Å²) in [6.07, 6.45) is 3.50. The van der Waals surface area contributed by atoms with Crippen LogP contribution in [-0.2, 0) is 11.3 Å². The Morgan fingerprint density at radius 2 is 2.29 bits per heavy atom. The van der Waals surface area contributed by atoms with Gasteiger partial charge in [-0.25, -0.2) is 4.98 Å². The zero-order valence-electron chi connectivity index (χ0n) is 8.47. The molecule has 78 valence electrons. The van der Waals surface area contributed by atoms with E-state index >= 15 is 0 Å². The third kappa shape index (κ3) is 2.32. The third-order valence-corrected chi connectivity index (χ3v) is 2.02. The molecule has 0 aliphatic carbocycles. The Balaban J connectivity index is 2.76. The van der Waals surface area contributed by atoms with Crippen LogP contribution in [0.5, 0.6) is 0 Å². The van der Waals surface area contributed by atoms with Crippen LogP contribution < -0.4 is 11.5 Å². The molecule has 1 aromatic heterocycles. The van der Waals surface area contributed by atoms with E-state index < -0.39 is 11.9 Å². The van der Waals surface area contributed by atoms with Crippen LogP contribution in [-0.4, -0.2) is 21.5 Å². The molecule has 14 heavy (non-hydrogen) atoms. The fourth-order valence-electron chi connectivity index (χ4n) is 1.28. The highest BCUT2D eigenvalue weighted by Gasteiger charge is 2.13. The van der Waals surface area contributed by atoms with Gasteiger partial charge in [0.1, 0.15) is 11.9 Å². The molecule has 1 unspecified atom stereocenters. The van der Waals surface area contributed by atoms with Gasteiger partial charge in [0.25, 0.3) is 0 Å². The van der Waals surface area contributed by atoms with Crippen LogP contribution in [0.1, 0.15) is 25.6 Å². The van der Waals surface area contributed by atoms with Gasteiger partial charge in [0.15, 0.2) is 0 Å². The molecule has 4 N–H and O–H groups in total. The highest BCUT2D eigenvalue weighted by atomic mass is 16.1. The summed E-state index contributed by atoms with van der Waals surface area (Å²) in [6, 6.07) is -0.651. The number of rotatable bonds is 4. The van der Waals surface area contributed by atoms with Gasteiger partial charge < -0.3 is 16.0 Å². The normalized spacial score (nSPS) is 13.1. The van der Waals surface area contributed by atoms with Gasteiger partial charge >= 0.3 is 0 Å². The van der Waals surface area contributed by atoms with E-state index in [1.54, 1.807) is 12.4 Å². The first-order chi connectivity index (χ1) is 6.52. The average Bonchev–Trinajstić information content (AvgIpc) is 2.52. The fourth-order valence-corrected chi connectivity index (χ4v) is 1.28. The Morgan fingerprint density at radius 1 is 1.64 bits per heavy atom. The van der Waals surface area contributed by atoms with E-state index in [1.807, 2.05) is 18.4 Å². The van der Waals surface area contributed by atoms with Gasteiger partial charge in [-0.2, -0.15) is 0 Å². The van der Waals surface area contributed by atoms with Crippen molar-refractivity contribution in [3.8, 4) is 0 Å². The van der Waals surface area contributed by atoms with Crippen LogP contribution in [0.2, 0.25) is 0 Å². The maximum absolute atomic E-state index is 10.8. The van der Waals surface area contributed by atoms with Gasteiger partial charge in [-0.1, -0.05) is 13.8 Å². The zero-order chi connectivity index (χ0) is 10.7. The lowest BCUT2D eigenvalue weighted by Crippen LogP contribution is -2.40. The maximum atomic E-state index is 10.8. The third-order valence-electron chi connectivity index (χ3n) is 2.02. The quantitative estimate of drug-likeness (QED) is 0.700. The summed E-state index contributed by atoms with van der Waals surface area (Å²) in [4.78, 5) is 15.0. The number of nitrogens with two attached hydrogens (primary N) is 2. The molecular weight excluding hydrogens is 180 g/mol. The summed E-state index contributed by atoms with van der Waals surface area (Å²) in [7, 11) is 0. The SMILES string of the molecule is CC(C)c1nccn1CC(N)C(N)=O. The summed E-state index contributed by atoms with van der Waals surface area (Å²) in [5.74, 6) is 0.736. The highest BCUT2D eigenvalue weighted by molar-refractivity contribution is 5.79. The highest BCUT2D eigenvalue weighted by Crippen LogP contribution is 2.11. The number of hydrogen-bond acceptors (Lipinski definition) is 3. The van der Waals surface area contributed by atoms with E-state index in [2.05, 4.69) is 4.98 Å². The van der Waals surface area contributed by atoms with Crippen molar-refractivity contribution in [3.63, 3.8) is 0 Å². The van der Waals surface area contributed by atoms with Crippen molar-refractivity contribution in [2.24, 2.45) is 11.5 Å². The Morgan fingerprint density at radius 3 is 2.79 bits per heavy atom. The van der Waals surface area contributed by atoms with E-state index in [0.29, 0.717) is 12.5 Å². The molecular formula is C9H16N4O. The second-order valence-electron chi connectivity index (χ2n) is 3.60. The molecule has 1 heterocycles. The number of amides is 1. The maximum Gasteiger partial charge on any atom is 0.236 e. The largest absolute Gasteiger partial charge is 0.368 e. The van der Waals surface area contributed by atoms with Crippen molar-refractivity contribution in [1.29, 1.82) is 0 Å². The van der Waals surface area contributed by atoms with Crippen molar-refractivity contribution in [2.75, 3.05) is 0 Å². The van der Waals surface area contributed by atoms with Crippen LogP contribution in [0.15, 0.2) is 12.4 Å². The average molecular weight is 196 g/mol. The summed E-state index contributed by atoms with van der Waals surface area (Å²) >= 11 is 0. The second kappa shape index (κ2) is 4.23.